The van der Waals surface area contributed by atoms with Crippen LogP contribution >= 0.6 is 27.3 Å². The van der Waals surface area contributed by atoms with Crippen LogP contribution in [0.15, 0.2) is 33.7 Å². The van der Waals surface area contributed by atoms with Gasteiger partial charge >= 0.3 is 0 Å². The minimum Gasteiger partial charge on any atom is -0.304 e. The molecule has 0 aliphatic rings. The van der Waals surface area contributed by atoms with Crippen molar-refractivity contribution in [2.24, 2.45) is 0 Å². The molecule has 2 aromatic heterocycles. The van der Waals surface area contributed by atoms with Gasteiger partial charge in [0.15, 0.2) is 0 Å². The second-order valence-corrected chi connectivity index (χ2v) is 4.87. The van der Waals surface area contributed by atoms with Crippen LogP contribution < -0.4 is 5.32 Å². The number of nitrogens with one attached hydrogen (secondary N) is 1. The summed E-state index contributed by atoms with van der Waals surface area (Å²) in [5.41, 5.74) is 1.19. The predicted octanol–water partition coefficient (Wildman–Crippen LogP) is 3.00. The fourth-order valence-corrected chi connectivity index (χ4v) is 3.05. The van der Waals surface area contributed by atoms with Gasteiger partial charge < -0.3 is 5.32 Å². The van der Waals surface area contributed by atoms with Gasteiger partial charge in [-0.2, -0.15) is 11.3 Å². The van der Waals surface area contributed by atoms with E-state index in [1.807, 2.05) is 6.07 Å². The molecule has 2 aromatic rings. The van der Waals surface area contributed by atoms with E-state index in [1.165, 1.54) is 5.56 Å². The van der Waals surface area contributed by atoms with E-state index in [0.717, 1.165) is 16.8 Å². The fraction of sp³-hybridized carbons (Fsp3) is 0.273. The molecule has 0 saturated heterocycles. The number of rotatable bonds is 4. The van der Waals surface area contributed by atoms with Gasteiger partial charge in [-0.1, -0.05) is 6.92 Å². The van der Waals surface area contributed by atoms with Crippen molar-refractivity contribution in [1.82, 2.24) is 15.3 Å². The molecule has 1 unspecified atom stereocenters. The van der Waals surface area contributed by atoms with Crippen LogP contribution in [0.4, 0.5) is 0 Å². The van der Waals surface area contributed by atoms with Gasteiger partial charge in [0.1, 0.15) is 5.82 Å². The molecule has 16 heavy (non-hydrogen) atoms. The van der Waals surface area contributed by atoms with Crippen LogP contribution in [0.5, 0.6) is 0 Å². The Labute approximate surface area is 107 Å². The van der Waals surface area contributed by atoms with E-state index in [0.29, 0.717) is 0 Å². The summed E-state index contributed by atoms with van der Waals surface area (Å²) < 4.78 is 1.11. The molecule has 0 bridgehead atoms. The Morgan fingerprint density at radius 1 is 1.38 bits per heavy atom. The van der Waals surface area contributed by atoms with Crippen LogP contribution in [0.3, 0.4) is 0 Å². The van der Waals surface area contributed by atoms with Crippen molar-refractivity contribution in [3.05, 3.63) is 45.1 Å². The standard InChI is InChI=1S/C11H12BrN3S/c1-2-13-10(8-6-16-7-9(8)12)11-14-4-3-5-15-11/h3-7,10,13H,2H2,1H3. The summed E-state index contributed by atoms with van der Waals surface area (Å²) in [6.07, 6.45) is 3.54. The first-order valence-corrected chi connectivity index (χ1v) is 6.78. The lowest BCUT2D eigenvalue weighted by molar-refractivity contribution is 0.597. The lowest BCUT2D eigenvalue weighted by atomic mass is 10.1. The van der Waals surface area contributed by atoms with Crippen LogP contribution in [0, 0.1) is 0 Å². The van der Waals surface area contributed by atoms with Crippen molar-refractivity contribution in [3.63, 3.8) is 0 Å². The Balaban J connectivity index is 2.35. The van der Waals surface area contributed by atoms with Crippen LogP contribution in [0.1, 0.15) is 24.4 Å². The highest BCUT2D eigenvalue weighted by molar-refractivity contribution is 9.10. The molecule has 1 N–H and O–H groups in total. The molecule has 5 heteroatoms. The maximum Gasteiger partial charge on any atom is 0.149 e. The summed E-state index contributed by atoms with van der Waals surface area (Å²) in [7, 11) is 0. The maximum absolute atomic E-state index is 4.30. The van der Waals surface area contributed by atoms with Gasteiger partial charge in [-0.15, -0.1) is 0 Å². The molecular weight excluding hydrogens is 286 g/mol. The summed E-state index contributed by atoms with van der Waals surface area (Å²) in [6.45, 7) is 2.96. The summed E-state index contributed by atoms with van der Waals surface area (Å²) >= 11 is 5.22. The first-order valence-electron chi connectivity index (χ1n) is 5.04. The summed E-state index contributed by atoms with van der Waals surface area (Å²) in [6, 6.07) is 1.89. The number of thiophene rings is 1. The monoisotopic (exact) mass is 297 g/mol. The Hall–Kier alpha value is -0.780. The zero-order valence-electron chi connectivity index (χ0n) is 8.85. The molecule has 0 amide bonds. The highest BCUT2D eigenvalue weighted by atomic mass is 79.9. The summed E-state index contributed by atoms with van der Waals surface area (Å²) in [5.74, 6) is 0.809. The maximum atomic E-state index is 4.30. The van der Waals surface area contributed by atoms with Crippen LogP contribution in [0.2, 0.25) is 0 Å². The van der Waals surface area contributed by atoms with Crippen molar-refractivity contribution in [3.8, 4) is 0 Å². The third-order valence-electron chi connectivity index (χ3n) is 2.21. The molecule has 0 saturated carbocycles. The average Bonchev–Trinajstić information content (AvgIpc) is 2.73. The minimum absolute atomic E-state index is 0.0619. The lowest BCUT2D eigenvalue weighted by Crippen LogP contribution is -2.23. The van der Waals surface area contributed by atoms with Crippen LogP contribution in [0.25, 0.3) is 0 Å². The highest BCUT2D eigenvalue weighted by Gasteiger charge is 2.18. The van der Waals surface area contributed by atoms with E-state index < -0.39 is 0 Å². The molecule has 0 fully saturated rings. The molecular formula is C11H12BrN3S. The first-order chi connectivity index (χ1) is 7.83. The molecule has 0 aliphatic heterocycles. The van der Waals surface area contributed by atoms with Gasteiger partial charge in [-0.3, -0.25) is 0 Å². The zero-order valence-corrected chi connectivity index (χ0v) is 11.3. The number of hydrogen-bond donors (Lipinski definition) is 1. The van der Waals surface area contributed by atoms with Gasteiger partial charge in [0, 0.05) is 27.8 Å². The van der Waals surface area contributed by atoms with E-state index in [2.05, 4.69) is 48.9 Å². The van der Waals surface area contributed by atoms with Gasteiger partial charge in [-0.25, -0.2) is 9.97 Å². The average molecular weight is 298 g/mol. The van der Waals surface area contributed by atoms with Crippen molar-refractivity contribution < 1.29 is 0 Å². The molecule has 0 aliphatic carbocycles. The quantitative estimate of drug-likeness (QED) is 0.943. The predicted molar refractivity (Wildman–Crippen MR) is 69.6 cm³/mol. The number of halogens is 1. The fourth-order valence-electron chi connectivity index (χ4n) is 1.50. The van der Waals surface area contributed by atoms with Gasteiger partial charge in [0.05, 0.1) is 6.04 Å². The molecule has 2 heterocycles. The summed E-state index contributed by atoms with van der Waals surface area (Å²) in [4.78, 5) is 8.61. The van der Waals surface area contributed by atoms with Crippen LogP contribution in [-0.4, -0.2) is 16.5 Å². The van der Waals surface area contributed by atoms with E-state index in [1.54, 1.807) is 23.7 Å². The Kier molecular flexibility index (Phi) is 4.04. The Bertz CT molecular complexity index is 444. The van der Waals surface area contributed by atoms with Gasteiger partial charge in [-0.05, 0) is 33.9 Å². The lowest BCUT2D eigenvalue weighted by Gasteiger charge is -2.15. The normalized spacial score (nSPS) is 12.6. The van der Waals surface area contributed by atoms with Crippen LogP contribution in [-0.2, 0) is 0 Å². The van der Waals surface area contributed by atoms with Crippen molar-refractivity contribution in [1.29, 1.82) is 0 Å². The molecule has 0 aromatic carbocycles. The topological polar surface area (TPSA) is 37.8 Å². The molecule has 84 valence electrons. The SMILES string of the molecule is CCNC(c1ncccn1)c1cscc1Br. The molecule has 1 atom stereocenters. The number of hydrogen-bond acceptors (Lipinski definition) is 4. The molecule has 0 radical (unpaired) electrons. The third kappa shape index (κ3) is 2.48. The Morgan fingerprint density at radius 2 is 2.12 bits per heavy atom. The van der Waals surface area contributed by atoms with E-state index in [-0.39, 0.29) is 6.04 Å². The van der Waals surface area contributed by atoms with E-state index in [9.17, 15) is 0 Å². The number of nitrogens with zero attached hydrogens (tertiary/aromatic N) is 2. The highest BCUT2D eigenvalue weighted by Crippen LogP contribution is 2.29. The molecule has 0 spiro atoms. The Morgan fingerprint density at radius 3 is 2.69 bits per heavy atom. The third-order valence-corrected chi connectivity index (χ3v) is 3.96. The molecule has 3 nitrogen and oxygen atoms in total. The van der Waals surface area contributed by atoms with Crippen molar-refractivity contribution in [2.45, 2.75) is 13.0 Å². The largest absolute Gasteiger partial charge is 0.304 e. The summed E-state index contributed by atoms with van der Waals surface area (Å²) in [5, 5.41) is 7.58. The smallest absolute Gasteiger partial charge is 0.149 e. The van der Waals surface area contributed by atoms with Gasteiger partial charge in [0.2, 0.25) is 0 Å². The second kappa shape index (κ2) is 5.52. The van der Waals surface area contributed by atoms with Crippen molar-refractivity contribution >= 4 is 27.3 Å². The minimum atomic E-state index is 0.0619. The van der Waals surface area contributed by atoms with Gasteiger partial charge in [0.25, 0.3) is 0 Å². The zero-order chi connectivity index (χ0) is 11.4. The van der Waals surface area contributed by atoms with E-state index in [4.69, 9.17) is 0 Å². The second-order valence-electron chi connectivity index (χ2n) is 3.27. The van der Waals surface area contributed by atoms with E-state index >= 15 is 0 Å². The van der Waals surface area contributed by atoms with Crippen molar-refractivity contribution in [2.75, 3.05) is 6.54 Å². The first kappa shape index (κ1) is 11.7. The number of aromatic nitrogens is 2. The molecule has 2 rings (SSSR count).